The molecule has 0 amide bonds. The van der Waals surface area contributed by atoms with E-state index in [1.54, 1.807) is 18.2 Å². The number of benzene rings is 1. The second-order valence-electron chi connectivity index (χ2n) is 3.71. The van der Waals surface area contributed by atoms with Gasteiger partial charge in [-0.25, -0.2) is 0 Å². The van der Waals surface area contributed by atoms with Crippen molar-refractivity contribution in [1.82, 2.24) is 0 Å². The molecule has 1 fully saturated rings. The van der Waals surface area contributed by atoms with E-state index in [0.29, 0.717) is 22.9 Å². The third-order valence-electron chi connectivity index (χ3n) is 2.48. The number of halogens is 1. The Labute approximate surface area is 99.5 Å². The molecule has 2 rings (SSSR count). The molecule has 0 bridgehead atoms. The predicted molar refractivity (Wildman–Crippen MR) is 60.6 cm³/mol. The molecule has 3 nitrogen and oxygen atoms in total. The highest BCUT2D eigenvalue weighted by atomic mass is 35.5. The van der Waals surface area contributed by atoms with Crippen LogP contribution in [0.1, 0.15) is 18.4 Å². The molecule has 84 valence electrons. The van der Waals surface area contributed by atoms with Gasteiger partial charge in [-0.05, 0) is 25.0 Å². The summed E-state index contributed by atoms with van der Waals surface area (Å²) >= 11 is 5.87. The van der Waals surface area contributed by atoms with Gasteiger partial charge in [0.15, 0.2) is 0 Å². The van der Waals surface area contributed by atoms with Gasteiger partial charge < -0.3 is 9.47 Å². The molecule has 1 heterocycles. The second-order valence-corrected chi connectivity index (χ2v) is 4.15. The fourth-order valence-electron chi connectivity index (χ4n) is 1.67. The third-order valence-corrected chi connectivity index (χ3v) is 2.71. The van der Waals surface area contributed by atoms with Gasteiger partial charge in [-0.2, -0.15) is 5.26 Å². The van der Waals surface area contributed by atoms with Crippen LogP contribution < -0.4 is 4.74 Å². The molecule has 4 heteroatoms. The first-order valence-electron chi connectivity index (χ1n) is 5.23. The van der Waals surface area contributed by atoms with E-state index in [2.05, 4.69) is 6.07 Å². The highest BCUT2D eigenvalue weighted by Gasteiger charge is 2.17. The molecule has 1 atom stereocenters. The van der Waals surface area contributed by atoms with Gasteiger partial charge in [-0.1, -0.05) is 11.6 Å². The molecule has 1 aromatic carbocycles. The first-order chi connectivity index (χ1) is 7.79. The van der Waals surface area contributed by atoms with Gasteiger partial charge in [-0.3, -0.25) is 0 Å². The van der Waals surface area contributed by atoms with Crippen LogP contribution in [0.25, 0.3) is 0 Å². The summed E-state index contributed by atoms with van der Waals surface area (Å²) in [6.07, 6.45) is 1.98. The van der Waals surface area contributed by atoms with Crippen LogP contribution in [-0.2, 0) is 4.74 Å². The normalized spacial score (nSPS) is 20.1. The molecular weight excluding hydrogens is 226 g/mol. The molecule has 0 N–H and O–H groups in total. The van der Waals surface area contributed by atoms with Crippen LogP contribution in [0.5, 0.6) is 5.75 Å². The Kier molecular flexibility index (Phi) is 3.66. The van der Waals surface area contributed by atoms with Crippen LogP contribution in [0.15, 0.2) is 18.2 Å². The zero-order chi connectivity index (χ0) is 11.4. The van der Waals surface area contributed by atoms with E-state index in [-0.39, 0.29) is 6.10 Å². The number of ether oxygens (including phenoxy) is 2. The van der Waals surface area contributed by atoms with Gasteiger partial charge in [-0.15, -0.1) is 0 Å². The summed E-state index contributed by atoms with van der Waals surface area (Å²) in [7, 11) is 0. The monoisotopic (exact) mass is 237 g/mol. The number of nitrogens with zero attached hydrogens (tertiary/aromatic N) is 1. The van der Waals surface area contributed by atoms with Gasteiger partial charge in [0.2, 0.25) is 0 Å². The van der Waals surface area contributed by atoms with Gasteiger partial charge in [0.25, 0.3) is 0 Å². The van der Waals surface area contributed by atoms with Crippen molar-refractivity contribution in [2.45, 2.75) is 18.9 Å². The third kappa shape index (κ3) is 2.66. The summed E-state index contributed by atoms with van der Waals surface area (Å²) in [5, 5.41) is 9.51. The SMILES string of the molecule is N#Cc1ccc(Cl)cc1OC1CCCOC1. The van der Waals surface area contributed by atoms with E-state index in [0.717, 1.165) is 19.4 Å². The fourth-order valence-corrected chi connectivity index (χ4v) is 1.83. The summed E-state index contributed by atoms with van der Waals surface area (Å²) in [5.74, 6) is 0.547. The standard InChI is InChI=1S/C12H12ClNO2/c13-10-4-3-9(7-14)12(6-10)16-11-2-1-5-15-8-11/h3-4,6,11H,1-2,5,8H2. The second kappa shape index (κ2) is 5.20. The van der Waals surface area contributed by atoms with E-state index < -0.39 is 0 Å². The van der Waals surface area contributed by atoms with Crippen LogP contribution in [0, 0.1) is 11.3 Å². The van der Waals surface area contributed by atoms with Gasteiger partial charge in [0.05, 0.1) is 12.2 Å². The zero-order valence-corrected chi connectivity index (χ0v) is 9.54. The lowest BCUT2D eigenvalue weighted by molar-refractivity contribution is 0.00732. The smallest absolute Gasteiger partial charge is 0.139 e. The average Bonchev–Trinajstić information content (AvgIpc) is 2.31. The first kappa shape index (κ1) is 11.3. The summed E-state index contributed by atoms with van der Waals surface area (Å²) in [4.78, 5) is 0. The van der Waals surface area contributed by atoms with Crippen LogP contribution in [0.4, 0.5) is 0 Å². The van der Waals surface area contributed by atoms with Crippen molar-refractivity contribution >= 4 is 11.6 Å². The number of hydrogen-bond donors (Lipinski definition) is 0. The van der Waals surface area contributed by atoms with Crippen LogP contribution in [0.3, 0.4) is 0 Å². The Hall–Kier alpha value is -1.24. The van der Waals surface area contributed by atoms with Crippen molar-refractivity contribution in [1.29, 1.82) is 5.26 Å². The van der Waals surface area contributed by atoms with Gasteiger partial charge >= 0.3 is 0 Å². The minimum Gasteiger partial charge on any atom is -0.487 e. The number of hydrogen-bond acceptors (Lipinski definition) is 3. The van der Waals surface area contributed by atoms with Crippen molar-refractivity contribution in [3.8, 4) is 11.8 Å². The van der Waals surface area contributed by atoms with E-state index in [1.165, 1.54) is 0 Å². The van der Waals surface area contributed by atoms with E-state index in [1.807, 2.05) is 0 Å². The van der Waals surface area contributed by atoms with Crippen LogP contribution in [0.2, 0.25) is 5.02 Å². The lowest BCUT2D eigenvalue weighted by Gasteiger charge is -2.23. The van der Waals surface area contributed by atoms with Crippen LogP contribution in [-0.4, -0.2) is 19.3 Å². The molecule has 0 radical (unpaired) electrons. The molecule has 1 aliphatic rings. The van der Waals surface area contributed by atoms with Gasteiger partial charge in [0, 0.05) is 17.7 Å². The lowest BCUT2D eigenvalue weighted by Crippen LogP contribution is -2.28. The van der Waals surface area contributed by atoms with Crippen molar-refractivity contribution in [2.24, 2.45) is 0 Å². The van der Waals surface area contributed by atoms with E-state index in [9.17, 15) is 0 Å². The molecule has 0 aliphatic carbocycles. The maximum absolute atomic E-state index is 8.93. The molecule has 0 aromatic heterocycles. The Balaban J connectivity index is 2.13. The van der Waals surface area contributed by atoms with E-state index in [4.69, 9.17) is 26.3 Å². The summed E-state index contributed by atoms with van der Waals surface area (Å²) in [5.41, 5.74) is 0.509. The fraction of sp³-hybridized carbons (Fsp3) is 0.417. The van der Waals surface area contributed by atoms with Crippen molar-refractivity contribution in [2.75, 3.05) is 13.2 Å². The Morgan fingerprint density at radius 2 is 2.38 bits per heavy atom. The van der Waals surface area contributed by atoms with E-state index >= 15 is 0 Å². The molecule has 1 aliphatic heterocycles. The van der Waals surface area contributed by atoms with Gasteiger partial charge in [0.1, 0.15) is 17.9 Å². The minimum atomic E-state index is 0.0271. The topological polar surface area (TPSA) is 42.2 Å². The average molecular weight is 238 g/mol. The number of nitriles is 1. The molecule has 1 unspecified atom stereocenters. The molecule has 1 aromatic rings. The lowest BCUT2D eigenvalue weighted by atomic mass is 10.1. The summed E-state index contributed by atoms with van der Waals surface area (Å²) in [6, 6.07) is 7.12. The highest BCUT2D eigenvalue weighted by molar-refractivity contribution is 6.30. The Bertz CT molecular complexity index is 408. The molecular formula is C12H12ClNO2. The number of rotatable bonds is 2. The summed E-state index contributed by atoms with van der Waals surface area (Å²) in [6.45, 7) is 1.37. The van der Waals surface area contributed by atoms with Crippen molar-refractivity contribution in [3.63, 3.8) is 0 Å². The quantitative estimate of drug-likeness (QED) is 0.794. The molecule has 0 saturated carbocycles. The Morgan fingerprint density at radius 1 is 1.50 bits per heavy atom. The molecule has 16 heavy (non-hydrogen) atoms. The highest BCUT2D eigenvalue weighted by Crippen LogP contribution is 2.25. The maximum Gasteiger partial charge on any atom is 0.139 e. The van der Waals surface area contributed by atoms with Crippen molar-refractivity contribution < 1.29 is 9.47 Å². The van der Waals surface area contributed by atoms with Crippen molar-refractivity contribution in [3.05, 3.63) is 28.8 Å². The first-order valence-corrected chi connectivity index (χ1v) is 5.61. The Morgan fingerprint density at radius 3 is 3.06 bits per heavy atom. The molecule has 1 saturated heterocycles. The zero-order valence-electron chi connectivity index (χ0n) is 8.78. The minimum absolute atomic E-state index is 0.0271. The van der Waals surface area contributed by atoms with Crippen LogP contribution >= 0.6 is 11.6 Å². The summed E-state index contributed by atoms with van der Waals surface area (Å²) < 4.78 is 11.0. The largest absolute Gasteiger partial charge is 0.487 e. The maximum atomic E-state index is 8.93. The predicted octanol–water partition coefficient (Wildman–Crippen LogP) is 2.77. The molecule has 0 spiro atoms.